The van der Waals surface area contributed by atoms with Gasteiger partial charge in [0.05, 0.1) is 17.8 Å². The lowest BCUT2D eigenvalue weighted by atomic mass is 10.1. The van der Waals surface area contributed by atoms with Crippen LogP contribution in [0.25, 0.3) is 28.2 Å². The highest BCUT2D eigenvalue weighted by atomic mass is 19.2. The molecule has 0 unspecified atom stereocenters. The first-order valence-corrected chi connectivity index (χ1v) is 10.3. The highest BCUT2D eigenvalue weighted by molar-refractivity contribution is 5.76. The zero-order chi connectivity index (χ0) is 22.2. The lowest BCUT2D eigenvalue weighted by Gasteiger charge is -2.22. The Kier molecular flexibility index (Phi) is 5.10. The van der Waals surface area contributed by atoms with Crippen molar-refractivity contribution in [3.05, 3.63) is 54.0 Å². The van der Waals surface area contributed by atoms with Crippen LogP contribution in [-0.4, -0.2) is 48.1 Å². The third-order valence-corrected chi connectivity index (χ3v) is 5.69. The summed E-state index contributed by atoms with van der Waals surface area (Å²) in [6.07, 6.45) is 7.54. The molecule has 11 heteroatoms. The molecule has 4 aromatic rings. The van der Waals surface area contributed by atoms with Gasteiger partial charge in [-0.25, -0.2) is 13.8 Å². The van der Waals surface area contributed by atoms with Gasteiger partial charge in [-0.1, -0.05) is 6.07 Å². The highest BCUT2D eigenvalue weighted by Gasteiger charge is 2.21. The van der Waals surface area contributed by atoms with E-state index in [2.05, 4.69) is 30.9 Å². The SMILES string of the molecule is Cc1ccc(-n2nnnc2-c2cc(-c3cnn([C@@H]4CCCNC4)c3)cnc2N)c(F)c1F. The summed E-state index contributed by atoms with van der Waals surface area (Å²) < 4.78 is 31.8. The molecule has 0 aliphatic carbocycles. The minimum absolute atomic E-state index is 0.115. The van der Waals surface area contributed by atoms with Gasteiger partial charge in [-0.15, -0.1) is 5.10 Å². The number of halogens is 2. The van der Waals surface area contributed by atoms with Gasteiger partial charge in [-0.2, -0.15) is 9.78 Å². The van der Waals surface area contributed by atoms with E-state index in [1.807, 2.05) is 10.9 Å². The number of benzene rings is 1. The number of hydrogen-bond donors (Lipinski definition) is 2. The summed E-state index contributed by atoms with van der Waals surface area (Å²) in [7, 11) is 0. The fourth-order valence-corrected chi connectivity index (χ4v) is 3.88. The molecule has 4 heterocycles. The van der Waals surface area contributed by atoms with E-state index < -0.39 is 11.6 Å². The molecule has 5 rings (SSSR count). The first-order valence-electron chi connectivity index (χ1n) is 10.3. The van der Waals surface area contributed by atoms with Crippen molar-refractivity contribution in [3.63, 3.8) is 0 Å². The molecule has 0 radical (unpaired) electrons. The summed E-state index contributed by atoms with van der Waals surface area (Å²) in [6, 6.07) is 4.95. The third-order valence-electron chi connectivity index (χ3n) is 5.69. The second-order valence-corrected chi connectivity index (χ2v) is 7.81. The number of aromatic nitrogens is 7. The van der Waals surface area contributed by atoms with Crippen molar-refractivity contribution in [2.24, 2.45) is 0 Å². The Morgan fingerprint density at radius 3 is 2.84 bits per heavy atom. The molecule has 1 aliphatic heterocycles. The van der Waals surface area contributed by atoms with Crippen molar-refractivity contribution >= 4 is 5.82 Å². The van der Waals surface area contributed by atoms with E-state index in [4.69, 9.17) is 5.73 Å². The van der Waals surface area contributed by atoms with Crippen LogP contribution in [0.4, 0.5) is 14.6 Å². The van der Waals surface area contributed by atoms with Crippen molar-refractivity contribution in [1.82, 2.24) is 40.3 Å². The molecule has 3 aromatic heterocycles. The summed E-state index contributed by atoms with van der Waals surface area (Å²) in [5.74, 6) is -1.67. The molecular weight excluding hydrogens is 416 g/mol. The molecule has 1 atom stereocenters. The monoisotopic (exact) mass is 437 g/mol. The topological polar surface area (TPSA) is 112 Å². The van der Waals surface area contributed by atoms with Gasteiger partial charge in [0.2, 0.25) is 0 Å². The lowest BCUT2D eigenvalue weighted by molar-refractivity contribution is 0.347. The van der Waals surface area contributed by atoms with Crippen molar-refractivity contribution in [1.29, 1.82) is 0 Å². The Morgan fingerprint density at radius 1 is 1.16 bits per heavy atom. The van der Waals surface area contributed by atoms with E-state index in [0.717, 1.165) is 41.7 Å². The normalized spacial score (nSPS) is 16.4. The molecule has 0 spiro atoms. The van der Waals surface area contributed by atoms with Crippen molar-refractivity contribution in [2.45, 2.75) is 25.8 Å². The van der Waals surface area contributed by atoms with Crippen LogP contribution in [0.2, 0.25) is 0 Å². The fraction of sp³-hybridized carbons (Fsp3) is 0.286. The van der Waals surface area contributed by atoms with Crippen LogP contribution < -0.4 is 11.1 Å². The van der Waals surface area contributed by atoms with E-state index >= 15 is 0 Å². The maximum Gasteiger partial charge on any atom is 0.190 e. The van der Waals surface area contributed by atoms with Gasteiger partial charge >= 0.3 is 0 Å². The molecule has 1 saturated heterocycles. The quantitative estimate of drug-likeness (QED) is 0.505. The molecule has 1 aliphatic rings. The van der Waals surface area contributed by atoms with E-state index in [-0.39, 0.29) is 22.9 Å². The predicted molar refractivity (Wildman–Crippen MR) is 114 cm³/mol. The number of hydrogen-bond acceptors (Lipinski definition) is 7. The second kappa shape index (κ2) is 8.08. The number of nitrogens with two attached hydrogens (primary N) is 1. The second-order valence-electron chi connectivity index (χ2n) is 7.81. The zero-order valence-corrected chi connectivity index (χ0v) is 17.3. The molecule has 0 bridgehead atoms. The largest absolute Gasteiger partial charge is 0.383 e. The Balaban J connectivity index is 1.53. The molecule has 3 N–H and O–H groups in total. The van der Waals surface area contributed by atoms with E-state index in [0.29, 0.717) is 11.6 Å². The van der Waals surface area contributed by atoms with E-state index in [1.54, 1.807) is 18.5 Å². The Morgan fingerprint density at radius 2 is 2.03 bits per heavy atom. The number of anilines is 1. The third kappa shape index (κ3) is 3.50. The van der Waals surface area contributed by atoms with Crippen molar-refractivity contribution < 1.29 is 8.78 Å². The maximum absolute atomic E-state index is 14.6. The number of nitrogens with zero attached hydrogens (tertiary/aromatic N) is 7. The highest BCUT2D eigenvalue weighted by Crippen LogP contribution is 2.31. The van der Waals surface area contributed by atoms with Gasteiger partial charge in [0.15, 0.2) is 17.5 Å². The summed E-state index contributed by atoms with van der Waals surface area (Å²) in [5, 5.41) is 19.4. The molecular formula is C21H21F2N9. The number of nitrogen functional groups attached to an aromatic ring is 1. The average Bonchev–Trinajstić information content (AvgIpc) is 3.49. The summed E-state index contributed by atoms with van der Waals surface area (Å²) in [6.45, 7) is 3.38. The molecule has 0 saturated carbocycles. The van der Waals surface area contributed by atoms with Crippen LogP contribution >= 0.6 is 0 Å². The summed E-state index contributed by atoms with van der Waals surface area (Å²) in [4.78, 5) is 4.27. The van der Waals surface area contributed by atoms with Crippen molar-refractivity contribution in [2.75, 3.05) is 18.8 Å². The lowest BCUT2D eigenvalue weighted by Crippen LogP contribution is -2.31. The summed E-state index contributed by atoms with van der Waals surface area (Å²) >= 11 is 0. The molecule has 9 nitrogen and oxygen atoms in total. The van der Waals surface area contributed by atoms with Gasteiger partial charge in [0.1, 0.15) is 11.5 Å². The van der Waals surface area contributed by atoms with Gasteiger partial charge < -0.3 is 11.1 Å². The predicted octanol–water partition coefficient (Wildman–Crippen LogP) is 2.68. The number of pyridine rings is 1. The molecule has 164 valence electrons. The Labute approximate surface area is 182 Å². The molecule has 1 aromatic carbocycles. The molecule has 1 fully saturated rings. The number of piperidine rings is 1. The summed E-state index contributed by atoms with van der Waals surface area (Å²) in [5.41, 5.74) is 8.20. The Bertz CT molecular complexity index is 1270. The molecule has 32 heavy (non-hydrogen) atoms. The van der Waals surface area contributed by atoms with Crippen molar-refractivity contribution in [3.8, 4) is 28.2 Å². The van der Waals surface area contributed by atoms with Crippen LogP contribution in [0.15, 0.2) is 36.8 Å². The van der Waals surface area contributed by atoms with Crippen LogP contribution in [0, 0.1) is 18.6 Å². The van der Waals surface area contributed by atoms with Crippen LogP contribution in [-0.2, 0) is 0 Å². The average molecular weight is 437 g/mol. The van der Waals surface area contributed by atoms with Gasteiger partial charge in [0, 0.05) is 30.1 Å². The number of rotatable bonds is 4. The first-order chi connectivity index (χ1) is 15.5. The molecule has 0 amide bonds. The van der Waals surface area contributed by atoms with Crippen LogP contribution in [0.3, 0.4) is 0 Å². The number of nitrogens with one attached hydrogen (secondary N) is 1. The van der Waals surface area contributed by atoms with Gasteiger partial charge in [0.25, 0.3) is 0 Å². The minimum atomic E-state index is -1.04. The zero-order valence-electron chi connectivity index (χ0n) is 17.3. The minimum Gasteiger partial charge on any atom is -0.383 e. The smallest absolute Gasteiger partial charge is 0.190 e. The van der Waals surface area contributed by atoms with Gasteiger partial charge in [-0.05, 0) is 54.4 Å². The number of tetrazole rings is 1. The fourth-order valence-electron chi connectivity index (χ4n) is 3.88. The van der Waals surface area contributed by atoms with E-state index in [1.165, 1.54) is 19.1 Å². The Hall–Kier alpha value is -3.73. The number of aryl methyl sites for hydroxylation is 1. The van der Waals surface area contributed by atoms with Crippen LogP contribution in [0.5, 0.6) is 0 Å². The van der Waals surface area contributed by atoms with Crippen LogP contribution in [0.1, 0.15) is 24.4 Å². The standard InChI is InChI=1S/C21H21F2N9/c1-12-4-5-17(19(23)18(12)22)32-21(28-29-30-32)16-7-13(8-26-20(16)24)14-9-27-31(11-14)15-3-2-6-25-10-15/h4-5,7-9,11,15,25H,2-3,6,10H2,1H3,(H2,24,26)/t15-/m1/s1. The maximum atomic E-state index is 14.6. The van der Waals surface area contributed by atoms with Gasteiger partial charge in [-0.3, -0.25) is 4.68 Å². The van der Waals surface area contributed by atoms with E-state index in [9.17, 15) is 8.78 Å². The first kappa shape index (κ1) is 20.2.